The van der Waals surface area contributed by atoms with Crippen LogP contribution in [0.5, 0.6) is 0 Å². The largest absolute Gasteiger partial charge is 0.335 e. The van der Waals surface area contributed by atoms with Gasteiger partial charge < -0.3 is 9.88 Å². The van der Waals surface area contributed by atoms with E-state index in [1.165, 1.54) is 34.5 Å². The van der Waals surface area contributed by atoms with Gasteiger partial charge in [0, 0.05) is 28.9 Å². The van der Waals surface area contributed by atoms with Crippen molar-refractivity contribution in [1.29, 1.82) is 0 Å². The molecule has 32 heavy (non-hydrogen) atoms. The number of carbonyl (C=O) groups excluding carboxylic acids is 1. The molecule has 0 spiro atoms. The standard InChI is InChI=1S/C25H18FN3O2S/c1-15-5-10-20-22(13-15)32-25(28-20)16-6-8-17(9-7-16)27-23(31)14-29-12-11-21(30)18-3-2-4-19(26)24(18)29/h2-13H,14H2,1H3,(H,27,31). The second-order valence-corrected chi connectivity index (χ2v) is 8.59. The van der Waals surface area contributed by atoms with Gasteiger partial charge in [0.2, 0.25) is 5.91 Å². The Morgan fingerprint density at radius 3 is 2.72 bits per heavy atom. The smallest absolute Gasteiger partial charge is 0.244 e. The van der Waals surface area contributed by atoms with Crippen LogP contribution in [0.3, 0.4) is 0 Å². The van der Waals surface area contributed by atoms with Gasteiger partial charge in [0.05, 0.1) is 15.7 Å². The fraction of sp³-hybridized carbons (Fsp3) is 0.0800. The van der Waals surface area contributed by atoms with Gasteiger partial charge in [-0.3, -0.25) is 9.59 Å². The first-order valence-electron chi connectivity index (χ1n) is 10.0. The molecular formula is C25H18FN3O2S. The summed E-state index contributed by atoms with van der Waals surface area (Å²) >= 11 is 1.63. The predicted octanol–water partition coefficient (Wildman–Crippen LogP) is 5.36. The average molecular weight is 444 g/mol. The first-order chi connectivity index (χ1) is 15.5. The number of hydrogen-bond acceptors (Lipinski definition) is 4. The maximum absolute atomic E-state index is 14.3. The highest BCUT2D eigenvalue weighted by Crippen LogP contribution is 2.31. The fourth-order valence-corrected chi connectivity index (χ4v) is 4.74. The molecule has 0 radical (unpaired) electrons. The molecule has 7 heteroatoms. The van der Waals surface area contributed by atoms with Crippen molar-refractivity contribution in [3.8, 4) is 10.6 Å². The summed E-state index contributed by atoms with van der Waals surface area (Å²) in [6.07, 6.45) is 1.44. The number of anilines is 1. The number of rotatable bonds is 4. The molecule has 2 heterocycles. The molecule has 0 unspecified atom stereocenters. The Morgan fingerprint density at radius 1 is 1.09 bits per heavy atom. The Morgan fingerprint density at radius 2 is 1.91 bits per heavy atom. The molecular weight excluding hydrogens is 425 g/mol. The molecule has 1 N–H and O–H groups in total. The summed E-state index contributed by atoms with van der Waals surface area (Å²) < 4.78 is 16.9. The zero-order valence-corrected chi connectivity index (χ0v) is 17.9. The molecule has 158 valence electrons. The van der Waals surface area contributed by atoms with E-state index in [4.69, 9.17) is 0 Å². The maximum atomic E-state index is 14.3. The summed E-state index contributed by atoms with van der Waals surface area (Å²) in [4.78, 5) is 29.3. The first kappa shape index (κ1) is 20.1. The van der Waals surface area contributed by atoms with Crippen LogP contribution in [0.25, 0.3) is 31.7 Å². The van der Waals surface area contributed by atoms with Crippen molar-refractivity contribution >= 4 is 44.1 Å². The lowest BCUT2D eigenvalue weighted by Crippen LogP contribution is -2.20. The summed E-state index contributed by atoms with van der Waals surface area (Å²) in [5.41, 5.74) is 3.60. The number of aryl methyl sites for hydroxylation is 1. The number of para-hydroxylation sites is 1. The molecule has 5 aromatic rings. The van der Waals surface area contributed by atoms with Crippen LogP contribution in [0.4, 0.5) is 10.1 Å². The monoisotopic (exact) mass is 443 g/mol. The van der Waals surface area contributed by atoms with E-state index in [-0.39, 0.29) is 28.8 Å². The van der Waals surface area contributed by atoms with Crippen molar-refractivity contribution in [2.75, 3.05) is 5.32 Å². The van der Waals surface area contributed by atoms with Crippen molar-refractivity contribution < 1.29 is 9.18 Å². The Labute approximate surface area is 186 Å². The lowest BCUT2D eigenvalue weighted by Gasteiger charge is -2.12. The number of pyridine rings is 1. The normalized spacial score (nSPS) is 11.2. The minimum absolute atomic E-state index is 0.114. The van der Waals surface area contributed by atoms with Gasteiger partial charge in [-0.25, -0.2) is 9.37 Å². The molecule has 5 rings (SSSR count). The van der Waals surface area contributed by atoms with Crippen LogP contribution in [-0.4, -0.2) is 15.5 Å². The third-order valence-electron chi connectivity index (χ3n) is 5.22. The third kappa shape index (κ3) is 3.78. The summed E-state index contributed by atoms with van der Waals surface area (Å²) in [5, 5.41) is 3.99. The topological polar surface area (TPSA) is 64.0 Å². The second-order valence-electron chi connectivity index (χ2n) is 7.56. The van der Waals surface area contributed by atoms with Gasteiger partial charge in [0.15, 0.2) is 5.43 Å². The van der Waals surface area contributed by atoms with Crippen LogP contribution >= 0.6 is 11.3 Å². The number of carbonyl (C=O) groups is 1. The van der Waals surface area contributed by atoms with Crippen LogP contribution in [0.15, 0.2) is 77.7 Å². The van der Waals surface area contributed by atoms with E-state index >= 15 is 0 Å². The summed E-state index contributed by atoms with van der Waals surface area (Å²) in [7, 11) is 0. The molecule has 0 aliphatic carbocycles. The van der Waals surface area contributed by atoms with Crippen molar-refractivity contribution in [3.05, 3.63) is 94.5 Å². The Bertz CT molecular complexity index is 1540. The van der Waals surface area contributed by atoms with Crippen molar-refractivity contribution in [3.63, 3.8) is 0 Å². The van der Waals surface area contributed by atoms with Crippen LogP contribution in [0.2, 0.25) is 0 Å². The molecule has 2 aromatic heterocycles. The van der Waals surface area contributed by atoms with Crippen molar-refractivity contribution in [1.82, 2.24) is 9.55 Å². The van der Waals surface area contributed by atoms with Gasteiger partial charge >= 0.3 is 0 Å². The molecule has 0 saturated carbocycles. The molecule has 3 aromatic carbocycles. The van der Waals surface area contributed by atoms with Gasteiger partial charge in [-0.1, -0.05) is 12.1 Å². The van der Waals surface area contributed by atoms with Crippen LogP contribution < -0.4 is 10.7 Å². The van der Waals surface area contributed by atoms with Gasteiger partial charge in [-0.2, -0.15) is 0 Å². The molecule has 5 nitrogen and oxygen atoms in total. The second kappa shape index (κ2) is 8.01. The van der Waals surface area contributed by atoms with Crippen molar-refractivity contribution in [2.45, 2.75) is 13.5 Å². The highest BCUT2D eigenvalue weighted by Gasteiger charge is 2.12. The molecule has 0 saturated heterocycles. The molecule has 0 bridgehead atoms. The number of amides is 1. The SMILES string of the molecule is Cc1ccc2nc(-c3ccc(NC(=O)Cn4ccc(=O)c5cccc(F)c54)cc3)sc2c1. The lowest BCUT2D eigenvalue weighted by molar-refractivity contribution is -0.116. The van der Waals surface area contributed by atoms with E-state index in [2.05, 4.69) is 23.3 Å². The minimum atomic E-state index is -0.539. The third-order valence-corrected chi connectivity index (χ3v) is 6.29. The fourth-order valence-electron chi connectivity index (χ4n) is 3.67. The first-order valence-corrected chi connectivity index (χ1v) is 10.8. The summed E-state index contributed by atoms with van der Waals surface area (Å²) in [5.74, 6) is -0.857. The van der Waals surface area contributed by atoms with E-state index in [0.717, 1.165) is 20.8 Å². The van der Waals surface area contributed by atoms with E-state index in [9.17, 15) is 14.0 Å². The Balaban J connectivity index is 1.35. The number of hydrogen-bond donors (Lipinski definition) is 1. The van der Waals surface area contributed by atoms with E-state index in [1.54, 1.807) is 17.4 Å². The molecule has 0 aliphatic rings. The number of halogens is 1. The minimum Gasteiger partial charge on any atom is -0.335 e. The lowest BCUT2D eigenvalue weighted by atomic mass is 10.2. The van der Waals surface area contributed by atoms with Gasteiger partial charge in [0.25, 0.3) is 0 Å². The molecule has 1 amide bonds. The van der Waals surface area contributed by atoms with E-state index < -0.39 is 5.82 Å². The van der Waals surface area contributed by atoms with Gasteiger partial charge in [-0.05, 0) is 61.0 Å². The zero-order valence-electron chi connectivity index (χ0n) is 17.1. The maximum Gasteiger partial charge on any atom is 0.244 e. The Kier molecular flexibility index (Phi) is 5.03. The number of aromatic nitrogens is 2. The predicted molar refractivity (Wildman–Crippen MR) is 127 cm³/mol. The molecule has 0 fully saturated rings. The van der Waals surface area contributed by atoms with Crippen LogP contribution in [0.1, 0.15) is 5.56 Å². The Hall–Kier alpha value is -3.84. The number of benzene rings is 3. The van der Waals surface area contributed by atoms with E-state index in [1.807, 2.05) is 36.4 Å². The summed E-state index contributed by atoms with van der Waals surface area (Å²) in [6, 6.07) is 19.3. The molecule has 0 aliphatic heterocycles. The van der Waals surface area contributed by atoms with E-state index in [0.29, 0.717) is 5.69 Å². The average Bonchev–Trinajstić information content (AvgIpc) is 3.19. The number of thiazole rings is 1. The van der Waals surface area contributed by atoms with Crippen LogP contribution in [-0.2, 0) is 11.3 Å². The number of nitrogens with one attached hydrogen (secondary N) is 1. The van der Waals surface area contributed by atoms with Crippen molar-refractivity contribution in [2.24, 2.45) is 0 Å². The quantitative estimate of drug-likeness (QED) is 0.406. The number of nitrogens with zero attached hydrogens (tertiary/aromatic N) is 2. The highest BCUT2D eigenvalue weighted by atomic mass is 32.1. The molecule has 0 atom stereocenters. The number of fused-ring (bicyclic) bond motifs is 2. The van der Waals surface area contributed by atoms with Crippen LogP contribution in [0, 0.1) is 12.7 Å². The van der Waals surface area contributed by atoms with Gasteiger partial charge in [0.1, 0.15) is 17.4 Å². The summed E-state index contributed by atoms with van der Waals surface area (Å²) in [6.45, 7) is 1.94. The highest BCUT2D eigenvalue weighted by molar-refractivity contribution is 7.21. The zero-order chi connectivity index (χ0) is 22.2. The van der Waals surface area contributed by atoms with Gasteiger partial charge in [-0.15, -0.1) is 11.3 Å².